The fourth-order valence-corrected chi connectivity index (χ4v) is 1.25. The van der Waals surface area contributed by atoms with E-state index in [2.05, 4.69) is 34.6 Å². The van der Waals surface area contributed by atoms with Crippen molar-refractivity contribution in [3.05, 3.63) is 0 Å². The summed E-state index contributed by atoms with van der Waals surface area (Å²) in [5.41, 5.74) is 0. The standard InChI is InChI=1S/C7H15B.C6H13B.CH4/c1-4-6(2)7(3)5-8;1-3-4-6(2)5-7;/h6-7H,4-5H2,1-3H3;6H,3-5H2,1-2H3;1H4. The summed E-state index contributed by atoms with van der Waals surface area (Å²) in [6.45, 7) is 11.0. The molecule has 3 atom stereocenters. The highest BCUT2D eigenvalue weighted by molar-refractivity contribution is 6.08. The summed E-state index contributed by atoms with van der Waals surface area (Å²) in [4.78, 5) is 0. The zero-order chi connectivity index (χ0) is 12.3. The van der Waals surface area contributed by atoms with Gasteiger partial charge < -0.3 is 0 Å². The van der Waals surface area contributed by atoms with Crippen molar-refractivity contribution in [1.29, 1.82) is 0 Å². The van der Waals surface area contributed by atoms with E-state index in [1.807, 2.05) is 0 Å². The molecule has 0 aliphatic carbocycles. The van der Waals surface area contributed by atoms with Crippen LogP contribution in [0.25, 0.3) is 0 Å². The first-order chi connectivity index (χ1) is 7.03. The van der Waals surface area contributed by atoms with Gasteiger partial charge in [-0.15, -0.1) is 0 Å². The van der Waals surface area contributed by atoms with Gasteiger partial charge in [0.15, 0.2) is 0 Å². The second-order valence-electron chi connectivity index (χ2n) is 4.73. The van der Waals surface area contributed by atoms with Crippen LogP contribution in [-0.4, -0.2) is 15.7 Å². The Morgan fingerprint density at radius 3 is 1.50 bits per heavy atom. The molecule has 0 aromatic heterocycles. The summed E-state index contributed by atoms with van der Waals surface area (Å²) in [6, 6.07) is 0. The van der Waals surface area contributed by atoms with E-state index >= 15 is 0 Å². The van der Waals surface area contributed by atoms with Crippen molar-refractivity contribution in [2.75, 3.05) is 0 Å². The maximum Gasteiger partial charge on any atom is 0.0656 e. The molecular weight excluding hydrogens is 190 g/mol. The van der Waals surface area contributed by atoms with Crippen LogP contribution in [0, 0.1) is 17.8 Å². The normalized spacial score (nSPS) is 15.1. The fraction of sp³-hybridized carbons (Fsp3) is 1.00. The summed E-state index contributed by atoms with van der Waals surface area (Å²) in [5, 5.41) is 0. The van der Waals surface area contributed by atoms with Crippen molar-refractivity contribution in [1.82, 2.24) is 0 Å². The Morgan fingerprint density at radius 1 is 0.875 bits per heavy atom. The van der Waals surface area contributed by atoms with E-state index in [0.29, 0.717) is 5.92 Å². The lowest BCUT2D eigenvalue weighted by atomic mass is 9.83. The van der Waals surface area contributed by atoms with Crippen LogP contribution >= 0.6 is 0 Å². The molecule has 2 heteroatoms. The molecule has 0 aromatic rings. The maximum atomic E-state index is 5.45. The first kappa shape index (κ1) is 21.4. The van der Waals surface area contributed by atoms with Crippen molar-refractivity contribution in [3.8, 4) is 0 Å². The van der Waals surface area contributed by atoms with Crippen LogP contribution in [-0.2, 0) is 0 Å². The van der Waals surface area contributed by atoms with Crippen LogP contribution in [0.2, 0.25) is 12.6 Å². The molecule has 0 aliphatic heterocycles. The van der Waals surface area contributed by atoms with Gasteiger partial charge in [-0.25, -0.2) is 0 Å². The van der Waals surface area contributed by atoms with Crippen LogP contribution in [0.1, 0.15) is 61.3 Å². The van der Waals surface area contributed by atoms with Crippen LogP contribution < -0.4 is 0 Å². The quantitative estimate of drug-likeness (QED) is 0.560. The molecular formula is C14H32B2. The van der Waals surface area contributed by atoms with Gasteiger partial charge in [0.2, 0.25) is 0 Å². The molecule has 0 heterocycles. The second kappa shape index (κ2) is 15.1. The first-order valence-electron chi connectivity index (χ1n) is 6.43. The van der Waals surface area contributed by atoms with E-state index in [4.69, 9.17) is 15.7 Å². The molecule has 0 saturated heterocycles. The molecule has 0 nitrogen and oxygen atoms in total. The molecule has 0 bridgehead atoms. The lowest BCUT2D eigenvalue weighted by Gasteiger charge is -2.15. The molecule has 0 aliphatic rings. The summed E-state index contributed by atoms with van der Waals surface area (Å²) in [7, 11) is 10.8. The van der Waals surface area contributed by atoms with Crippen molar-refractivity contribution in [2.45, 2.75) is 73.9 Å². The molecule has 0 N–H and O–H groups in total. The molecule has 0 fully saturated rings. The molecule has 16 heavy (non-hydrogen) atoms. The molecule has 0 saturated carbocycles. The third-order valence-electron chi connectivity index (χ3n) is 3.17. The van der Waals surface area contributed by atoms with Crippen LogP contribution in [0.5, 0.6) is 0 Å². The van der Waals surface area contributed by atoms with Crippen molar-refractivity contribution < 1.29 is 0 Å². The molecule has 0 amide bonds. The Labute approximate surface area is 108 Å². The minimum Gasteiger partial charge on any atom is -0.0862 e. The zero-order valence-electron chi connectivity index (χ0n) is 11.4. The highest BCUT2D eigenvalue weighted by Crippen LogP contribution is 2.16. The fourth-order valence-electron chi connectivity index (χ4n) is 1.25. The molecule has 3 unspecified atom stereocenters. The summed E-state index contributed by atoms with van der Waals surface area (Å²) >= 11 is 0. The van der Waals surface area contributed by atoms with Crippen LogP contribution in [0.3, 0.4) is 0 Å². The average Bonchev–Trinajstić information content (AvgIpc) is 2.27. The van der Waals surface area contributed by atoms with Gasteiger partial charge >= 0.3 is 0 Å². The Balaban J connectivity index is -0.000000200. The Morgan fingerprint density at radius 2 is 1.38 bits per heavy atom. The molecule has 0 rings (SSSR count). The molecule has 94 valence electrons. The molecule has 4 radical (unpaired) electrons. The predicted molar refractivity (Wildman–Crippen MR) is 80.5 cm³/mol. The minimum atomic E-state index is 0. The van der Waals surface area contributed by atoms with E-state index in [1.165, 1.54) is 19.3 Å². The van der Waals surface area contributed by atoms with Crippen molar-refractivity contribution in [3.63, 3.8) is 0 Å². The topological polar surface area (TPSA) is 0 Å². The van der Waals surface area contributed by atoms with Gasteiger partial charge in [-0.2, -0.15) is 0 Å². The highest BCUT2D eigenvalue weighted by atomic mass is 14.1. The Bertz CT molecular complexity index is 107. The smallest absolute Gasteiger partial charge is 0.0656 e. The lowest BCUT2D eigenvalue weighted by Crippen LogP contribution is -2.05. The maximum absolute atomic E-state index is 5.45. The number of rotatable bonds is 6. The largest absolute Gasteiger partial charge is 0.0862 e. The van der Waals surface area contributed by atoms with Crippen LogP contribution in [0.4, 0.5) is 0 Å². The van der Waals surface area contributed by atoms with Crippen molar-refractivity contribution >= 4 is 15.7 Å². The SMILES string of the molecule is C.[B]CC(C)C(C)CC.[B]CC(C)CCC. The van der Waals surface area contributed by atoms with Gasteiger partial charge in [-0.1, -0.05) is 79.9 Å². The van der Waals surface area contributed by atoms with E-state index in [1.54, 1.807) is 0 Å². The van der Waals surface area contributed by atoms with E-state index < -0.39 is 0 Å². The lowest BCUT2D eigenvalue weighted by molar-refractivity contribution is 0.408. The predicted octanol–water partition coefficient (Wildman–Crippen LogP) is 4.90. The molecule has 0 aromatic carbocycles. The third kappa shape index (κ3) is 14.1. The van der Waals surface area contributed by atoms with Gasteiger partial charge in [0.1, 0.15) is 0 Å². The summed E-state index contributed by atoms with van der Waals surface area (Å²) in [6.07, 6.45) is 5.45. The van der Waals surface area contributed by atoms with Crippen LogP contribution in [0.15, 0.2) is 0 Å². The Kier molecular flexibility index (Phi) is 20.3. The second-order valence-corrected chi connectivity index (χ2v) is 4.73. The first-order valence-corrected chi connectivity index (χ1v) is 6.43. The van der Waals surface area contributed by atoms with Gasteiger partial charge in [0.25, 0.3) is 0 Å². The van der Waals surface area contributed by atoms with Crippen molar-refractivity contribution in [2.24, 2.45) is 17.8 Å². The monoisotopic (exact) mass is 222 g/mol. The summed E-state index contributed by atoms with van der Waals surface area (Å²) in [5.74, 6) is 2.21. The average molecular weight is 222 g/mol. The Hall–Kier alpha value is 0.130. The van der Waals surface area contributed by atoms with Gasteiger partial charge in [-0.3, -0.25) is 0 Å². The molecule has 0 spiro atoms. The van der Waals surface area contributed by atoms with Gasteiger partial charge in [0.05, 0.1) is 15.7 Å². The highest BCUT2D eigenvalue weighted by Gasteiger charge is 2.05. The minimum absolute atomic E-state index is 0. The van der Waals surface area contributed by atoms with Gasteiger partial charge in [0, 0.05) is 0 Å². The van der Waals surface area contributed by atoms with E-state index in [-0.39, 0.29) is 7.43 Å². The van der Waals surface area contributed by atoms with Gasteiger partial charge in [-0.05, 0) is 11.8 Å². The van der Waals surface area contributed by atoms with E-state index in [9.17, 15) is 0 Å². The number of hydrogen-bond acceptors (Lipinski definition) is 0. The third-order valence-corrected chi connectivity index (χ3v) is 3.17. The number of hydrogen-bond donors (Lipinski definition) is 0. The summed E-state index contributed by atoms with van der Waals surface area (Å²) < 4.78 is 0. The van der Waals surface area contributed by atoms with E-state index in [0.717, 1.165) is 24.5 Å². The zero-order valence-corrected chi connectivity index (χ0v) is 11.4.